The number of aliphatic hydroxyl groups is 1. The molecule has 0 radical (unpaired) electrons. The van der Waals surface area contributed by atoms with Crippen LogP contribution in [0.3, 0.4) is 0 Å². The summed E-state index contributed by atoms with van der Waals surface area (Å²) in [5, 5.41) is 22.7. The summed E-state index contributed by atoms with van der Waals surface area (Å²) in [7, 11) is 0. The van der Waals surface area contributed by atoms with Gasteiger partial charge in [-0.05, 0) is 49.7 Å². The van der Waals surface area contributed by atoms with Gasteiger partial charge in [-0.3, -0.25) is 5.32 Å². The van der Waals surface area contributed by atoms with Gasteiger partial charge in [-0.25, -0.2) is 0 Å². The lowest BCUT2D eigenvalue weighted by Crippen LogP contribution is -2.43. The molecule has 1 aromatic carbocycles. The molecule has 1 unspecified atom stereocenters. The fraction of sp³-hybridized carbons (Fsp3) is 0.579. The molecule has 2 saturated carbocycles. The third-order valence-corrected chi connectivity index (χ3v) is 5.86. The zero-order chi connectivity index (χ0) is 16.1. The van der Waals surface area contributed by atoms with Crippen molar-refractivity contribution in [1.29, 1.82) is 0 Å². The summed E-state index contributed by atoms with van der Waals surface area (Å²) in [6.45, 7) is 0.794. The van der Waals surface area contributed by atoms with Crippen LogP contribution in [0.1, 0.15) is 66.8 Å². The van der Waals surface area contributed by atoms with E-state index in [2.05, 4.69) is 44.3 Å². The third kappa shape index (κ3) is 2.30. The van der Waals surface area contributed by atoms with Crippen LogP contribution in [-0.4, -0.2) is 26.5 Å². The maximum atomic E-state index is 10.1. The van der Waals surface area contributed by atoms with Gasteiger partial charge in [0, 0.05) is 12.0 Å². The topological polar surface area (TPSA) is 63.0 Å². The Morgan fingerprint density at radius 1 is 1.17 bits per heavy atom. The van der Waals surface area contributed by atoms with Crippen LogP contribution >= 0.6 is 0 Å². The Balaban J connectivity index is 1.41. The largest absolute Gasteiger partial charge is 0.394 e. The summed E-state index contributed by atoms with van der Waals surface area (Å²) in [5.41, 5.74) is 2.25. The molecule has 0 amide bonds. The van der Waals surface area contributed by atoms with Crippen molar-refractivity contribution in [1.82, 2.24) is 20.1 Å². The Hall–Kier alpha value is -1.72. The summed E-state index contributed by atoms with van der Waals surface area (Å²) in [6, 6.07) is 9.07. The number of nitrogens with zero attached hydrogens (tertiary/aromatic N) is 3. The number of rotatable bonds is 6. The van der Waals surface area contributed by atoms with Crippen LogP contribution in [0.25, 0.3) is 0 Å². The Morgan fingerprint density at radius 2 is 2.00 bits per heavy atom. The number of aromatic nitrogens is 3. The van der Waals surface area contributed by atoms with Gasteiger partial charge in [-0.1, -0.05) is 24.3 Å². The van der Waals surface area contributed by atoms with Crippen molar-refractivity contribution in [3.63, 3.8) is 0 Å². The van der Waals surface area contributed by atoms with Gasteiger partial charge < -0.3 is 9.67 Å². The molecular formula is C19H24N4O. The molecule has 3 aliphatic carbocycles. The van der Waals surface area contributed by atoms with E-state index >= 15 is 0 Å². The van der Waals surface area contributed by atoms with Crippen molar-refractivity contribution < 1.29 is 5.11 Å². The van der Waals surface area contributed by atoms with E-state index in [9.17, 15) is 5.11 Å². The first-order valence-corrected chi connectivity index (χ1v) is 9.19. The minimum Gasteiger partial charge on any atom is -0.394 e. The maximum Gasteiger partial charge on any atom is 0.147 e. The number of hydrogen-bond donors (Lipinski definition) is 2. The van der Waals surface area contributed by atoms with Crippen LogP contribution in [0.5, 0.6) is 0 Å². The molecular weight excluding hydrogens is 300 g/mol. The number of aliphatic hydroxyl groups excluding tert-OH is 1. The van der Waals surface area contributed by atoms with Gasteiger partial charge in [-0.15, -0.1) is 10.2 Å². The molecule has 3 aliphatic rings. The normalized spacial score (nSPS) is 25.9. The van der Waals surface area contributed by atoms with Crippen LogP contribution in [-0.2, 0) is 18.5 Å². The lowest BCUT2D eigenvalue weighted by Gasteiger charge is -2.29. The second-order valence-corrected chi connectivity index (χ2v) is 7.60. The van der Waals surface area contributed by atoms with Gasteiger partial charge in [0.15, 0.2) is 0 Å². The second kappa shape index (κ2) is 5.39. The molecule has 0 saturated heterocycles. The fourth-order valence-electron chi connectivity index (χ4n) is 4.15. The van der Waals surface area contributed by atoms with Crippen molar-refractivity contribution >= 4 is 0 Å². The summed E-state index contributed by atoms with van der Waals surface area (Å²) in [5.74, 6) is 2.86. The molecule has 0 aliphatic heterocycles. The van der Waals surface area contributed by atoms with Crippen LogP contribution in [0.15, 0.2) is 24.3 Å². The van der Waals surface area contributed by atoms with Crippen molar-refractivity contribution in [2.75, 3.05) is 6.61 Å². The van der Waals surface area contributed by atoms with Crippen molar-refractivity contribution in [2.45, 2.75) is 62.6 Å². The number of hydrogen-bond acceptors (Lipinski definition) is 4. The van der Waals surface area contributed by atoms with Gasteiger partial charge >= 0.3 is 0 Å². The maximum absolute atomic E-state index is 10.1. The summed E-state index contributed by atoms with van der Waals surface area (Å²) in [4.78, 5) is 0. The van der Waals surface area contributed by atoms with Crippen molar-refractivity contribution in [3.05, 3.63) is 47.0 Å². The molecule has 2 aromatic rings. The van der Waals surface area contributed by atoms with E-state index in [1.807, 2.05) is 0 Å². The minimum absolute atomic E-state index is 0.122. The molecule has 2 fully saturated rings. The van der Waals surface area contributed by atoms with Crippen LogP contribution in [0.2, 0.25) is 0 Å². The van der Waals surface area contributed by atoms with Gasteiger partial charge in [0.1, 0.15) is 11.6 Å². The molecule has 126 valence electrons. The van der Waals surface area contributed by atoms with E-state index in [1.165, 1.54) is 42.6 Å². The standard InChI is InChI=1S/C19H24N4O/c24-12-19(10-9-13-3-1-2-4-16(13)19)20-11-17-21-22-18(14-5-6-14)23(17)15-7-8-15/h1-4,14-15,20,24H,5-12H2. The van der Waals surface area contributed by atoms with Gasteiger partial charge in [0.2, 0.25) is 0 Å². The number of fused-ring (bicyclic) bond motifs is 1. The molecule has 0 bridgehead atoms. The van der Waals surface area contributed by atoms with E-state index in [1.54, 1.807) is 0 Å². The highest BCUT2D eigenvalue weighted by Crippen LogP contribution is 2.45. The highest BCUT2D eigenvalue weighted by molar-refractivity contribution is 5.39. The van der Waals surface area contributed by atoms with Gasteiger partial charge in [0.05, 0.1) is 18.7 Å². The molecule has 5 nitrogen and oxygen atoms in total. The summed E-state index contributed by atoms with van der Waals surface area (Å²) < 4.78 is 2.39. The Kier molecular flexibility index (Phi) is 3.28. The smallest absolute Gasteiger partial charge is 0.147 e. The Labute approximate surface area is 142 Å². The highest BCUT2D eigenvalue weighted by Gasteiger charge is 2.39. The third-order valence-electron chi connectivity index (χ3n) is 5.86. The van der Waals surface area contributed by atoms with Gasteiger partial charge in [0.25, 0.3) is 0 Å². The highest BCUT2D eigenvalue weighted by atomic mass is 16.3. The first kappa shape index (κ1) is 14.6. The molecule has 1 heterocycles. The van der Waals surface area contributed by atoms with Crippen LogP contribution in [0.4, 0.5) is 0 Å². The predicted molar refractivity (Wildman–Crippen MR) is 90.6 cm³/mol. The van der Waals surface area contributed by atoms with E-state index in [-0.39, 0.29) is 12.1 Å². The first-order valence-electron chi connectivity index (χ1n) is 9.19. The monoisotopic (exact) mass is 324 g/mol. The summed E-state index contributed by atoms with van der Waals surface area (Å²) in [6.07, 6.45) is 6.97. The second-order valence-electron chi connectivity index (χ2n) is 7.60. The van der Waals surface area contributed by atoms with E-state index in [4.69, 9.17) is 0 Å². The Morgan fingerprint density at radius 3 is 2.75 bits per heavy atom. The Bertz CT molecular complexity index is 762. The molecule has 1 aromatic heterocycles. The lowest BCUT2D eigenvalue weighted by molar-refractivity contribution is 0.157. The fourth-order valence-corrected chi connectivity index (χ4v) is 4.15. The van der Waals surface area contributed by atoms with E-state index < -0.39 is 0 Å². The molecule has 2 N–H and O–H groups in total. The zero-order valence-electron chi connectivity index (χ0n) is 13.9. The van der Waals surface area contributed by atoms with Crippen molar-refractivity contribution in [3.8, 4) is 0 Å². The number of aryl methyl sites for hydroxylation is 1. The average Bonchev–Trinajstić information content (AvgIpc) is 3.55. The zero-order valence-corrected chi connectivity index (χ0v) is 13.9. The lowest BCUT2D eigenvalue weighted by atomic mass is 9.92. The van der Waals surface area contributed by atoms with Gasteiger partial charge in [-0.2, -0.15) is 0 Å². The molecule has 5 rings (SSSR count). The van der Waals surface area contributed by atoms with E-state index in [0.717, 1.165) is 18.7 Å². The quantitative estimate of drug-likeness (QED) is 0.856. The first-order chi connectivity index (χ1) is 11.8. The minimum atomic E-state index is -0.337. The van der Waals surface area contributed by atoms with Crippen LogP contribution in [0, 0.1) is 0 Å². The summed E-state index contributed by atoms with van der Waals surface area (Å²) >= 11 is 0. The molecule has 5 heteroatoms. The molecule has 1 atom stereocenters. The SMILES string of the molecule is OCC1(NCc2nnc(C3CC3)n2C2CC2)CCc2ccccc21. The van der Waals surface area contributed by atoms with E-state index in [0.29, 0.717) is 18.5 Å². The van der Waals surface area contributed by atoms with Crippen LogP contribution < -0.4 is 5.32 Å². The molecule has 24 heavy (non-hydrogen) atoms. The van der Waals surface area contributed by atoms with Crippen molar-refractivity contribution in [2.24, 2.45) is 0 Å². The average molecular weight is 324 g/mol. The number of benzene rings is 1. The number of nitrogens with one attached hydrogen (secondary N) is 1. The predicted octanol–water partition coefficient (Wildman–Crippen LogP) is 2.41. The molecule has 0 spiro atoms.